The molecule has 1 amide bonds. The molecule has 0 saturated heterocycles. The highest BCUT2D eigenvalue weighted by atomic mass is 35.5. The Bertz CT molecular complexity index is 1510. The smallest absolute Gasteiger partial charge is 0.417 e. The van der Waals surface area contributed by atoms with Gasteiger partial charge in [-0.3, -0.25) is 14.8 Å². The van der Waals surface area contributed by atoms with E-state index in [1.807, 2.05) is 4.72 Å². The topological polar surface area (TPSA) is 132 Å². The summed E-state index contributed by atoms with van der Waals surface area (Å²) in [5, 5.41) is -0.398. The first-order chi connectivity index (χ1) is 18.6. The fraction of sp³-hybridized carbons (Fsp3) is 0.280. The number of hydrogen-bond acceptors (Lipinski definition) is 8. The van der Waals surface area contributed by atoms with Gasteiger partial charge < -0.3 is 9.47 Å². The molecular formula is C25H25ClF3N5O5S. The van der Waals surface area contributed by atoms with E-state index in [1.165, 1.54) is 37.5 Å². The lowest BCUT2D eigenvalue weighted by atomic mass is 10.1. The van der Waals surface area contributed by atoms with Crippen LogP contribution in [0.5, 0.6) is 17.4 Å². The Morgan fingerprint density at radius 2 is 1.85 bits per heavy atom. The average Bonchev–Trinajstić information content (AvgIpc) is 2.85. The van der Waals surface area contributed by atoms with Crippen LogP contribution in [0.15, 0.2) is 48.4 Å². The van der Waals surface area contributed by atoms with Crippen molar-refractivity contribution in [3.05, 3.63) is 76.0 Å². The molecule has 2 aromatic heterocycles. The zero-order valence-electron chi connectivity index (χ0n) is 21.7. The van der Waals surface area contributed by atoms with Crippen molar-refractivity contribution in [1.82, 2.24) is 24.4 Å². The van der Waals surface area contributed by atoms with Crippen LogP contribution in [0.4, 0.5) is 13.2 Å². The van der Waals surface area contributed by atoms with E-state index in [0.29, 0.717) is 29.4 Å². The lowest BCUT2D eigenvalue weighted by molar-refractivity contribution is -0.137. The van der Waals surface area contributed by atoms with Crippen molar-refractivity contribution in [2.45, 2.75) is 46.5 Å². The quantitative estimate of drug-likeness (QED) is 0.312. The number of amides is 1. The van der Waals surface area contributed by atoms with E-state index in [9.17, 15) is 26.4 Å². The Labute approximate surface area is 233 Å². The molecule has 0 unspecified atom stereocenters. The fourth-order valence-corrected chi connectivity index (χ4v) is 4.06. The summed E-state index contributed by atoms with van der Waals surface area (Å²) < 4.78 is 79.2. The van der Waals surface area contributed by atoms with Crippen molar-refractivity contribution in [2.24, 2.45) is 0 Å². The molecule has 2 N–H and O–H groups in total. The number of halogens is 4. The molecule has 2 heterocycles. The van der Waals surface area contributed by atoms with Gasteiger partial charge in [0.2, 0.25) is 5.88 Å². The molecule has 0 aliphatic rings. The molecule has 1 aromatic carbocycles. The van der Waals surface area contributed by atoms with Gasteiger partial charge in [-0.05, 0) is 52.0 Å². The van der Waals surface area contributed by atoms with Gasteiger partial charge in [0.25, 0.3) is 5.91 Å². The minimum absolute atomic E-state index is 0.0330. The van der Waals surface area contributed by atoms with Crippen LogP contribution < -0.4 is 18.9 Å². The Morgan fingerprint density at radius 1 is 1.12 bits per heavy atom. The first-order valence-electron chi connectivity index (χ1n) is 11.6. The zero-order chi connectivity index (χ0) is 29.7. The van der Waals surface area contributed by atoms with Gasteiger partial charge in [0.1, 0.15) is 16.5 Å². The number of nitrogens with one attached hydrogen (secondary N) is 2. The molecule has 0 atom stereocenters. The number of ether oxygens (including phenoxy) is 2. The van der Waals surface area contributed by atoms with Crippen LogP contribution in [0.2, 0.25) is 5.02 Å². The average molecular weight is 600 g/mol. The van der Waals surface area contributed by atoms with Crippen LogP contribution >= 0.6 is 11.6 Å². The lowest BCUT2D eigenvalue weighted by Crippen LogP contribution is -2.40. The zero-order valence-corrected chi connectivity index (χ0v) is 23.3. The summed E-state index contributed by atoms with van der Waals surface area (Å²) in [5.41, 5.74) is 0.177. The molecule has 0 bridgehead atoms. The monoisotopic (exact) mass is 599 g/mol. The summed E-state index contributed by atoms with van der Waals surface area (Å²) in [6.07, 6.45) is -0.0946. The lowest BCUT2D eigenvalue weighted by Gasteiger charge is -2.15. The number of aromatic nitrogens is 3. The SMILES string of the molecule is C/C(=C\c1ccc(OC(C)C)cc1Oc1ncc(C(F)(F)F)cc1Cl)C(=O)NS(=O)(=O)NCc1cnc(C)cn1. The van der Waals surface area contributed by atoms with E-state index in [2.05, 4.69) is 19.7 Å². The number of benzene rings is 1. The van der Waals surface area contributed by atoms with E-state index >= 15 is 0 Å². The molecule has 0 fully saturated rings. The van der Waals surface area contributed by atoms with Gasteiger partial charge in [-0.2, -0.15) is 26.3 Å². The maximum absolute atomic E-state index is 13.0. The van der Waals surface area contributed by atoms with Gasteiger partial charge in [-0.1, -0.05) is 11.6 Å². The standard InChI is InChI=1S/C25H25ClF3N5O5S/c1-14(2)38-20-6-5-17(22(9-20)39-24-21(26)8-18(11-32-24)25(27,28)29)7-15(3)23(35)34-40(36,37)33-13-19-12-30-16(4)10-31-19/h5-12,14,33H,13H2,1-4H3,(H,34,35)/b15-7+. The van der Waals surface area contributed by atoms with Gasteiger partial charge in [-0.25, -0.2) is 9.71 Å². The molecule has 0 saturated carbocycles. The predicted molar refractivity (Wildman–Crippen MR) is 141 cm³/mol. The maximum Gasteiger partial charge on any atom is 0.417 e. The van der Waals surface area contributed by atoms with Gasteiger partial charge in [0.05, 0.1) is 35.8 Å². The second-order valence-electron chi connectivity index (χ2n) is 8.71. The third kappa shape index (κ3) is 8.89. The van der Waals surface area contributed by atoms with E-state index < -0.39 is 32.9 Å². The molecule has 3 aromatic rings. The van der Waals surface area contributed by atoms with Gasteiger partial charge >= 0.3 is 16.4 Å². The third-order valence-electron chi connectivity index (χ3n) is 4.93. The van der Waals surface area contributed by atoms with Crippen molar-refractivity contribution in [3.63, 3.8) is 0 Å². The Hall–Kier alpha value is -3.75. The largest absolute Gasteiger partial charge is 0.491 e. The van der Waals surface area contributed by atoms with Crippen LogP contribution in [-0.2, 0) is 27.7 Å². The third-order valence-corrected chi connectivity index (χ3v) is 6.18. The van der Waals surface area contributed by atoms with E-state index in [4.69, 9.17) is 21.1 Å². The number of rotatable bonds is 10. The number of nitrogens with zero attached hydrogens (tertiary/aromatic N) is 3. The Kier molecular flexibility index (Phi) is 9.71. The molecule has 3 rings (SSSR count). The van der Waals surface area contributed by atoms with Crippen LogP contribution in [0.3, 0.4) is 0 Å². The highest BCUT2D eigenvalue weighted by molar-refractivity contribution is 7.88. The predicted octanol–water partition coefficient (Wildman–Crippen LogP) is 4.99. The summed E-state index contributed by atoms with van der Waals surface area (Å²) in [6, 6.07) is 5.21. The molecule has 0 aliphatic heterocycles. The summed E-state index contributed by atoms with van der Waals surface area (Å²) in [6.45, 7) is 6.47. The summed E-state index contributed by atoms with van der Waals surface area (Å²) in [4.78, 5) is 24.4. The number of carbonyl (C=O) groups is 1. The molecule has 15 heteroatoms. The van der Waals surface area contributed by atoms with Crippen molar-refractivity contribution in [2.75, 3.05) is 0 Å². The molecule has 0 aliphatic carbocycles. The van der Waals surface area contributed by atoms with Crippen molar-refractivity contribution < 1.29 is 35.9 Å². The number of hydrogen-bond donors (Lipinski definition) is 2. The molecule has 0 radical (unpaired) electrons. The minimum atomic E-state index is -4.65. The van der Waals surface area contributed by atoms with Crippen LogP contribution in [0.1, 0.15) is 43.3 Å². The van der Waals surface area contributed by atoms with Crippen LogP contribution in [0, 0.1) is 6.92 Å². The normalized spacial score (nSPS) is 12.4. The highest BCUT2D eigenvalue weighted by Crippen LogP contribution is 2.37. The van der Waals surface area contributed by atoms with Gasteiger partial charge in [0, 0.05) is 29.6 Å². The Balaban J connectivity index is 1.83. The van der Waals surface area contributed by atoms with Crippen LogP contribution in [0.25, 0.3) is 6.08 Å². The molecular weight excluding hydrogens is 575 g/mol. The fourth-order valence-electron chi connectivity index (χ4n) is 3.04. The first-order valence-corrected chi connectivity index (χ1v) is 13.5. The Morgan fingerprint density at radius 3 is 2.45 bits per heavy atom. The number of aryl methyl sites for hydroxylation is 1. The maximum atomic E-state index is 13.0. The second-order valence-corrected chi connectivity index (χ2v) is 10.6. The molecule has 10 nitrogen and oxygen atoms in total. The molecule has 40 heavy (non-hydrogen) atoms. The summed E-state index contributed by atoms with van der Waals surface area (Å²) in [7, 11) is -4.26. The number of pyridine rings is 1. The van der Waals surface area contributed by atoms with Gasteiger partial charge in [-0.15, -0.1) is 0 Å². The van der Waals surface area contributed by atoms with Crippen LogP contribution in [-0.4, -0.2) is 35.4 Å². The summed E-state index contributed by atoms with van der Waals surface area (Å²) in [5.74, 6) is -0.864. The van der Waals surface area contributed by atoms with E-state index in [-0.39, 0.29) is 35.4 Å². The van der Waals surface area contributed by atoms with E-state index in [1.54, 1.807) is 26.8 Å². The molecule has 214 valence electrons. The first kappa shape index (κ1) is 30.8. The highest BCUT2D eigenvalue weighted by Gasteiger charge is 2.32. The van der Waals surface area contributed by atoms with E-state index in [0.717, 1.165) is 0 Å². The second kappa shape index (κ2) is 12.6. The van der Waals surface area contributed by atoms with Crippen molar-refractivity contribution in [1.29, 1.82) is 0 Å². The van der Waals surface area contributed by atoms with Crippen molar-refractivity contribution >= 4 is 33.8 Å². The number of alkyl halides is 3. The minimum Gasteiger partial charge on any atom is -0.491 e. The molecule has 0 spiro atoms. The van der Waals surface area contributed by atoms with Gasteiger partial charge in [0.15, 0.2) is 0 Å². The van der Waals surface area contributed by atoms with Crippen molar-refractivity contribution in [3.8, 4) is 17.4 Å². The number of carbonyl (C=O) groups excluding carboxylic acids is 1. The summed E-state index contributed by atoms with van der Waals surface area (Å²) >= 11 is 5.99.